The number of rotatable bonds is 4. The Morgan fingerprint density at radius 3 is 2.28 bits per heavy atom. The van der Waals surface area contributed by atoms with Crippen molar-refractivity contribution in [2.45, 2.75) is 25.7 Å². The average molecular weight is 270 g/mol. The lowest BCUT2D eigenvalue weighted by atomic mass is 10.1. The van der Waals surface area contributed by atoms with E-state index in [-0.39, 0.29) is 12.4 Å². The van der Waals surface area contributed by atoms with Crippen molar-refractivity contribution in [2.75, 3.05) is 19.6 Å². The van der Waals surface area contributed by atoms with E-state index in [0.717, 1.165) is 13.0 Å². The first-order valence-corrected chi connectivity index (χ1v) is 6.30. The Balaban J connectivity index is 0.00000162. The summed E-state index contributed by atoms with van der Waals surface area (Å²) < 4.78 is 0. The van der Waals surface area contributed by atoms with Gasteiger partial charge in [0.15, 0.2) is 0 Å². The van der Waals surface area contributed by atoms with Gasteiger partial charge in [-0.15, -0.1) is 12.4 Å². The van der Waals surface area contributed by atoms with E-state index in [1.165, 1.54) is 37.9 Å². The van der Waals surface area contributed by atoms with Gasteiger partial charge >= 0.3 is 5.97 Å². The third kappa shape index (κ3) is 4.31. The van der Waals surface area contributed by atoms with Crippen LogP contribution in [0.3, 0.4) is 0 Å². The number of carbonyl (C=O) groups is 1. The number of benzene rings is 1. The molecule has 2 rings (SSSR count). The average Bonchev–Trinajstić information content (AvgIpc) is 2.38. The predicted octanol–water partition coefficient (Wildman–Crippen LogP) is 2.84. The van der Waals surface area contributed by atoms with Crippen LogP contribution in [-0.2, 0) is 6.42 Å². The summed E-state index contributed by atoms with van der Waals surface area (Å²) >= 11 is 0. The summed E-state index contributed by atoms with van der Waals surface area (Å²) in [6.45, 7) is 3.52. The van der Waals surface area contributed by atoms with Crippen molar-refractivity contribution in [3.05, 3.63) is 35.4 Å². The fraction of sp³-hybridized carbons (Fsp3) is 0.500. The minimum absolute atomic E-state index is 0. The van der Waals surface area contributed by atoms with E-state index >= 15 is 0 Å². The third-order valence-electron chi connectivity index (χ3n) is 3.37. The van der Waals surface area contributed by atoms with Crippen LogP contribution in [-0.4, -0.2) is 35.6 Å². The van der Waals surface area contributed by atoms with E-state index in [0.29, 0.717) is 5.56 Å². The number of aromatic carboxylic acids is 1. The fourth-order valence-corrected chi connectivity index (χ4v) is 2.28. The van der Waals surface area contributed by atoms with E-state index in [9.17, 15) is 4.79 Å². The van der Waals surface area contributed by atoms with Crippen LogP contribution < -0.4 is 0 Å². The number of nitrogens with zero attached hydrogens (tertiary/aromatic N) is 1. The molecule has 0 atom stereocenters. The highest BCUT2D eigenvalue weighted by Crippen LogP contribution is 2.10. The van der Waals surface area contributed by atoms with Gasteiger partial charge < -0.3 is 10.0 Å². The van der Waals surface area contributed by atoms with Crippen molar-refractivity contribution < 1.29 is 9.90 Å². The molecule has 1 aliphatic heterocycles. The molecular weight excluding hydrogens is 250 g/mol. The Hall–Kier alpha value is -1.06. The maximum absolute atomic E-state index is 10.7. The van der Waals surface area contributed by atoms with Crippen LogP contribution >= 0.6 is 12.4 Å². The number of carboxylic acid groups (broad SMARTS) is 1. The zero-order chi connectivity index (χ0) is 12.1. The van der Waals surface area contributed by atoms with Crippen LogP contribution in [0, 0.1) is 0 Å². The number of hydrogen-bond donors (Lipinski definition) is 1. The highest BCUT2D eigenvalue weighted by Gasteiger charge is 2.09. The Bertz CT molecular complexity index is 372. The van der Waals surface area contributed by atoms with Crippen LogP contribution in [0.25, 0.3) is 0 Å². The molecular formula is C14H20ClNO2. The fourth-order valence-electron chi connectivity index (χ4n) is 2.28. The lowest BCUT2D eigenvalue weighted by molar-refractivity contribution is 0.0697. The lowest BCUT2D eigenvalue weighted by Gasteiger charge is -2.26. The molecule has 1 N–H and O–H groups in total. The van der Waals surface area contributed by atoms with Gasteiger partial charge in [0.25, 0.3) is 0 Å². The first-order valence-electron chi connectivity index (χ1n) is 6.30. The maximum Gasteiger partial charge on any atom is 0.335 e. The van der Waals surface area contributed by atoms with Crippen LogP contribution in [0.4, 0.5) is 0 Å². The maximum atomic E-state index is 10.7. The van der Waals surface area contributed by atoms with Gasteiger partial charge in [0.05, 0.1) is 5.56 Å². The molecule has 0 spiro atoms. The highest BCUT2D eigenvalue weighted by atomic mass is 35.5. The zero-order valence-electron chi connectivity index (χ0n) is 10.5. The summed E-state index contributed by atoms with van der Waals surface area (Å²) in [6.07, 6.45) is 5.01. The molecule has 1 aliphatic rings. The van der Waals surface area contributed by atoms with Crippen LogP contribution in [0.5, 0.6) is 0 Å². The standard InChI is InChI=1S/C14H19NO2.ClH/c16-14(17)13-6-4-12(5-7-13)8-11-15-9-2-1-3-10-15;/h4-7H,1-3,8-11H2,(H,16,17);1H. The summed E-state index contributed by atoms with van der Waals surface area (Å²) in [4.78, 5) is 13.2. The van der Waals surface area contributed by atoms with Gasteiger partial charge in [-0.2, -0.15) is 0 Å². The van der Waals surface area contributed by atoms with Crippen molar-refractivity contribution in [3.63, 3.8) is 0 Å². The molecule has 1 saturated heterocycles. The topological polar surface area (TPSA) is 40.5 Å². The minimum atomic E-state index is -0.854. The smallest absolute Gasteiger partial charge is 0.335 e. The van der Waals surface area contributed by atoms with Crippen molar-refractivity contribution in [1.29, 1.82) is 0 Å². The van der Waals surface area contributed by atoms with Gasteiger partial charge in [-0.1, -0.05) is 18.6 Å². The van der Waals surface area contributed by atoms with Gasteiger partial charge in [-0.3, -0.25) is 0 Å². The third-order valence-corrected chi connectivity index (χ3v) is 3.37. The number of carboxylic acids is 1. The monoisotopic (exact) mass is 269 g/mol. The second kappa shape index (κ2) is 7.39. The quantitative estimate of drug-likeness (QED) is 0.914. The first-order chi connectivity index (χ1) is 8.25. The molecule has 1 aromatic rings. The SMILES string of the molecule is Cl.O=C(O)c1ccc(CCN2CCCCC2)cc1. The molecule has 0 saturated carbocycles. The summed E-state index contributed by atoms with van der Waals surface area (Å²) in [5, 5.41) is 8.80. The Morgan fingerprint density at radius 1 is 1.11 bits per heavy atom. The molecule has 0 unspecified atom stereocenters. The van der Waals surface area contributed by atoms with E-state index in [2.05, 4.69) is 4.90 Å². The molecule has 0 bridgehead atoms. The molecule has 3 nitrogen and oxygen atoms in total. The largest absolute Gasteiger partial charge is 0.478 e. The summed E-state index contributed by atoms with van der Waals surface area (Å²) in [5.74, 6) is -0.854. The number of piperidine rings is 1. The van der Waals surface area contributed by atoms with Crippen molar-refractivity contribution in [3.8, 4) is 0 Å². The molecule has 0 aliphatic carbocycles. The van der Waals surface area contributed by atoms with Crippen molar-refractivity contribution in [1.82, 2.24) is 4.90 Å². The number of hydrogen-bond acceptors (Lipinski definition) is 2. The molecule has 1 aromatic carbocycles. The van der Waals surface area contributed by atoms with Crippen LogP contribution in [0.2, 0.25) is 0 Å². The van der Waals surface area contributed by atoms with E-state index in [1.54, 1.807) is 12.1 Å². The van der Waals surface area contributed by atoms with Gasteiger partial charge in [0.1, 0.15) is 0 Å². The second-order valence-electron chi connectivity index (χ2n) is 4.65. The molecule has 0 aromatic heterocycles. The van der Waals surface area contributed by atoms with Crippen molar-refractivity contribution >= 4 is 18.4 Å². The van der Waals surface area contributed by atoms with E-state index in [1.807, 2.05) is 12.1 Å². The molecule has 0 radical (unpaired) electrons. The molecule has 18 heavy (non-hydrogen) atoms. The highest BCUT2D eigenvalue weighted by molar-refractivity contribution is 5.87. The molecule has 1 heterocycles. The first kappa shape index (κ1) is 15.0. The van der Waals surface area contributed by atoms with Gasteiger partial charge in [0.2, 0.25) is 0 Å². The minimum Gasteiger partial charge on any atom is -0.478 e. The Kier molecular flexibility index (Phi) is 6.16. The van der Waals surface area contributed by atoms with Gasteiger partial charge in [-0.05, 0) is 50.0 Å². The van der Waals surface area contributed by atoms with E-state index in [4.69, 9.17) is 5.11 Å². The molecule has 100 valence electrons. The lowest BCUT2D eigenvalue weighted by Crippen LogP contribution is -2.31. The Labute approximate surface area is 114 Å². The van der Waals surface area contributed by atoms with Crippen LogP contribution in [0.15, 0.2) is 24.3 Å². The van der Waals surface area contributed by atoms with Gasteiger partial charge in [0, 0.05) is 6.54 Å². The normalized spacial score (nSPS) is 16.0. The van der Waals surface area contributed by atoms with E-state index < -0.39 is 5.97 Å². The second-order valence-corrected chi connectivity index (χ2v) is 4.65. The number of halogens is 1. The molecule has 0 amide bonds. The Morgan fingerprint density at radius 2 is 1.72 bits per heavy atom. The van der Waals surface area contributed by atoms with Crippen molar-refractivity contribution in [2.24, 2.45) is 0 Å². The predicted molar refractivity (Wildman–Crippen MR) is 74.6 cm³/mol. The van der Waals surface area contributed by atoms with Crippen LogP contribution in [0.1, 0.15) is 35.2 Å². The summed E-state index contributed by atoms with van der Waals surface area (Å²) in [7, 11) is 0. The number of likely N-dealkylation sites (tertiary alicyclic amines) is 1. The summed E-state index contributed by atoms with van der Waals surface area (Å²) in [6, 6.07) is 7.22. The zero-order valence-corrected chi connectivity index (χ0v) is 11.3. The summed E-state index contributed by atoms with van der Waals surface area (Å²) in [5.41, 5.74) is 1.59. The molecule has 1 fully saturated rings. The molecule has 4 heteroatoms. The van der Waals surface area contributed by atoms with Gasteiger partial charge in [-0.25, -0.2) is 4.79 Å².